The standard InChI is InChI=1S/C13H19N3O4S/c1-2-20-13(17)16-21(18,19)15-9-11-6-3-5-10-7-4-8-14-12(10)11/h3,5-6,14-15H,2,4,7-9H2,1H3,(H,16,17). The number of carbonyl (C=O) groups excluding carboxylic acids is 1. The first-order valence-electron chi connectivity index (χ1n) is 6.80. The first-order chi connectivity index (χ1) is 10.0. The minimum absolute atomic E-state index is 0.102. The van der Waals surface area contributed by atoms with Crippen LogP contribution in [0.5, 0.6) is 0 Å². The number of aryl methyl sites for hydroxylation is 1. The van der Waals surface area contributed by atoms with E-state index in [9.17, 15) is 13.2 Å². The molecule has 0 saturated heterocycles. The van der Waals surface area contributed by atoms with Gasteiger partial charge < -0.3 is 10.1 Å². The highest BCUT2D eigenvalue weighted by molar-refractivity contribution is 7.88. The van der Waals surface area contributed by atoms with Gasteiger partial charge in [-0.3, -0.25) is 0 Å². The van der Waals surface area contributed by atoms with Gasteiger partial charge in [0.1, 0.15) is 0 Å². The van der Waals surface area contributed by atoms with Crippen molar-refractivity contribution in [2.75, 3.05) is 18.5 Å². The second-order valence-electron chi connectivity index (χ2n) is 4.63. The summed E-state index contributed by atoms with van der Waals surface area (Å²) >= 11 is 0. The van der Waals surface area contributed by atoms with Crippen LogP contribution in [0.3, 0.4) is 0 Å². The Morgan fingerprint density at radius 2 is 2.24 bits per heavy atom. The smallest absolute Gasteiger partial charge is 0.421 e. The summed E-state index contributed by atoms with van der Waals surface area (Å²) in [5.74, 6) is 0. The van der Waals surface area contributed by atoms with Crippen molar-refractivity contribution in [1.82, 2.24) is 9.44 Å². The Morgan fingerprint density at radius 1 is 1.43 bits per heavy atom. The molecule has 116 valence electrons. The Kier molecular flexibility index (Phi) is 5.03. The number of hydrogen-bond acceptors (Lipinski definition) is 5. The topological polar surface area (TPSA) is 96.5 Å². The Bertz CT molecular complexity index is 616. The predicted molar refractivity (Wildman–Crippen MR) is 79.2 cm³/mol. The van der Waals surface area contributed by atoms with Gasteiger partial charge in [-0.2, -0.15) is 13.1 Å². The zero-order valence-corrected chi connectivity index (χ0v) is 12.6. The van der Waals surface area contributed by atoms with E-state index in [1.54, 1.807) is 11.6 Å². The third-order valence-corrected chi connectivity index (χ3v) is 4.07. The molecular formula is C13H19N3O4S. The summed E-state index contributed by atoms with van der Waals surface area (Å²) in [6.07, 6.45) is 1.05. The molecule has 2 rings (SSSR count). The van der Waals surface area contributed by atoms with E-state index >= 15 is 0 Å². The van der Waals surface area contributed by atoms with E-state index < -0.39 is 16.3 Å². The number of rotatable bonds is 5. The number of nitrogens with one attached hydrogen (secondary N) is 3. The van der Waals surface area contributed by atoms with Crippen LogP contribution in [0.2, 0.25) is 0 Å². The van der Waals surface area contributed by atoms with Crippen molar-refractivity contribution in [2.45, 2.75) is 26.3 Å². The number of ether oxygens (including phenoxy) is 1. The minimum atomic E-state index is -3.93. The third-order valence-electron chi connectivity index (χ3n) is 3.11. The molecular weight excluding hydrogens is 294 g/mol. The van der Waals surface area contributed by atoms with Gasteiger partial charge in [0.15, 0.2) is 0 Å². The predicted octanol–water partition coefficient (Wildman–Crippen LogP) is 1.13. The zero-order valence-electron chi connectivity index (χ0n) is 11.8. The maximum Gasteiger partial charge on any atom is 0.421 e. The highest BCUT2D eigenvalue weighted by Crippen LogP contribution is 2.25. The van der Waals surface area contributed by atoms with Crippen molar-refractivity contribution in [3.8, 4) is 0 Å². The van der Waals surface area contributed by atoms with Gasteiger partial charge in [-0.25, -0.2) is 9.52 Å². The fraction of sp³-hybridized carbons (Fsp3) is 0.462. The van der Waals surface area contributed by atoms with E-state index in [4.69, 9.17) is 0 Å². The second-order valence-corrected chi connectivity index (χ2v) is 6.13. The summed E-state index contributed by atoms with van der Waals surface area (Å²) < 4.78 is 32.1. The number of fused-ring (bicyclic) bond motifs is 1. The Morgan fingerprint density at radius 3 is 3.00 bits per heavy atom. The van der Waals surface area contributed by atoms with Crippen LogP contribution in [0, 0.1) is 0 Å². The number of para-hydroxylation sites is 1. The molecule has 1 heterocycles. The zero-order chi connectivity index (χ0) is 15.3. The third kappa shape index (κ3) is 4.33. The van der Waals surface area contributed by atoms with Crippen LogP contribution < -0.4 is 14.8 Å². The van der Waals surface area contributed by atoms with Crippen molar-refractivity contribution in [3.05, 3.63) is 29.3 Å². The molecule has 0 saturated carbocycles. The van der Waals surface area contributed by atoms with E-state index in [-0.39, 0.29) is 13.2 Å². The van der Waals surface area contributed by atoms with Crippen LogP contribution in [0.15, 0.2) is 18.2 Å². The summed E-state index contributed by atoms with van der Waals surface area (Å²) in [6, 6.07) is 5.77. The molecule has 7 nitrogen and oxygen atoms in total. The van der Waals surface area contributed by atoms with E-state index in [1.165, 1.54) is 5.56 Å². The first kappa shape index (κ1) is 15.6. The van der Waals surface area contributed by atoms with Crippen LogP contribution in [0.1, 0.15) is 24.5 Å². The summed E-state index contributed by atoms with van der Waals surface area (Å²) in [5.41, 5.74) is 3.00. The van der Waals surface area contributed by atoms with Crippen molar-refractivity contribution in [1.29, 1.82) is 0 Å². The maximum absolute atomic E-state index is 11.7. The Balaban J connectivity index is 2.01. The van der Waals surface area contributed by atoms with Gasteiger partial charge in [-0.1, -0.05) is 18.2 Å². The molecule has 0 aromatic heterocycles. The molecule has 1 amide bonds. The van der Waals surface area contributed by atoms with E-state index in [1.807, 2.05) is 18.2 Å². The molecule has 0 atom stereocenters. The first-order valence-corrected chi connectivity index (χ1v) is 8.29. The van der Waals surface area contributed by atoms with Gasteiger partial charge in [-0.05, 0) is 30.9 Å². The molecule has 1 aromatic carbocycles. The average molecular weight is 313 g/mol. The maximum atomic E-state index is 11.7. The SMILES string of the molecule is CCOC(=O)NS(=O)(=O)NCc1cccc2c1NCCC2. The van der Waals surface area contributed by atoms with Crippen molar-refractivity contribution in [3.63, 3.8) is 0 Å². The molecule has 1 aliphatic rings. The van der Waals surface area contributed by atoms with Crippen molar-refractivity contribution < 1.29 is 17.9 Å². The summed E-state index contributed by atoms with van der Waals surface area (Å²) in [4.78, 5) is 11.1. The van der Waals surface area contributed by atoms with Crippen molar-refractivity contribution in [2.24, 2.45) is 0 Å². The lowest BCUT2D eigenvalue weighted by atomic mass is 9.99. The molecule has 0 spiro atoms. The minimum Gasteiger partial charge on any atom is -0.449 e. The molecule has 1 aromatic rings. The number of amides is 1. The lowest BCUT2D eigenvalue weighted by molar-refractivity contribution is 0.158. The van der Waals surface area contributed by atoms with E-state index in [2.05, 4.69) is 14.8 Å². The Labute approximate surface area is 124 Å². The van der Waals surface area contributed by atoms with Gasteiger partial charge in [0.2, 0.25) is 0 Å². The quantitative estimate of drug-likeness (QED) is 0.757. The second kappa shape index (κ2) is 6.77. The fourth-order valence-electron chi connectivity index (χ4n) is 2.21. The number of benzene rings is 1. The molecule has 0 radical (unpaired) electrons. The molecule has 3 N–H and O–H groups in total. The number of hydrogen-bond donors (Lipinski definition) is 3. The fourth-order valence-corrected chi connectivity index (χ4v) is 2.90. The van der Waals surface area contributed by atoms with Gasteiger partial charge >= 0.3 is 16.3 Å². The highest BCUT2D eigenvalue weighted by atomic mass is 32.2. The van der Waals surface area contributed by atoms with Gasteiger partial charge in [0.25, 0.3) is 0 Å². The molecule has 1 aliphatic heterocycles. The molecule has 8 heteroatoms. The lowest BCUT2D eigenvalue weighted by Gasteiger charge is -2.21. The van der Waals surface area contributed by atoms with Crippen LogP contribution in [0.25, 0.3) is 0 Å². The lowest BCUT2D eigenvalue weighted by Crippen LogP contribution is -2.40. The van der Waals surface area contributed by atoms with Crippen LogP contribution in [-0.2, 0) is 27.9 Å². The summed E-state index contributed by atoms with van der Waals surface area (Å²) in [5, 5.41) is 3.28. The Hall–Kier alpha value is -1.80. The highest BCUT2D eigenvalue weighted by Gasteiger charge is 2.17. The largest absolute Gasteiger partial charge is 0.449 e. The molecule has 0 unspecified atom stereocenters. The molecule has 21 heavy (non-hydrogen) atoms. The summed E-state index contributed by atoms with van der Waals surface area (Å²) in [7, 11) is -3.93. The number of carbonyl (C=O) groups is 1. The van der Waals surface area contributed by atoms with Crippen molar-refractivity contribution >= 4 is 22.0 Å². The number of anilines is 1. The molecule has 0 fully saturated rings. The van der Waals surface area contributed by atoms with E-state index in [0.717, 1.165) is 30.6 Å². The molecule has 0 bridgehead atoms. The van der Waals surface area contributed by atoms with Gasteiger partial charge in [0.05, 0.1) is 6.61 Å². The van der Waals surface area contributed by atoms with Crippen LogP contribution in [0.4, 0.5) is 10.5 Å². The van der Waals surface area contributed by atoms with Crippen LogP contribution in [-0.4, -0.2) is 27.7 Å². The van der Waals surface area contributed by atoms with Gasteiger partial charge in [-0.15, -0.1) is 0 Å². The van der Waals surface area contributed by atoms with E-state index in [0.29, 0.717) is 0 Å². The average Bonchev–Trinajstić information content (AvgIpc) is 2.45. The van der Waals surface area contributed by atoms with Gasteiger partial charge in [0, 0.05) is 18.8 Å². The monoisotopic (exact) mass is 313 g/mol. The normalized spacial score (nSPS) is 14.0. The molecule has 0 aliphatic carbocycles. The summed E-state index contributed by atoms with van der Waals surface area (Å²) in [6.45, 7) is 2.68. The van der Waals surface area contributed by atoms with Crippen LogP contribution >= 0.6 is 0 Å².